The third-order valence-corrected chi connectivity index (χ3v) is 5.94. The summed E-state index contributed by atoms with van der Waals surface area (Å²) in [6.07, 6.45) is 5.23. The first kappa shape index (κ1) is 18.7. The highest BCUT2D eigenvalue weighted by molar-refractivity contribution is 7.99. The van der Waals surface area contributed by atoms with Crippen molar-refractivity contribution in [3.63, 3.8) is 0 Å². The zero-order valence-electron chi connectivity index (χ0n) is 15.9. The molecule has 30 heavy (non-hydrogen) atoms. The van der Waals surface area contributed by atoms with Crippen molar-refractivity contribution >= 4 is 34.4 Å². The Bertz CT molecular complexity index is 1350. The zero-order chi connectivity index (χ0) is 20.5. The van der Waals surface area contributed by atoms with Crippen LogP contribution in [-0.2, 0) is 0 Å². The first-order valence-electron chi connectivity index (χ1n) is 9.21. The maximum atomic E-state index is 6.41. The first-order valence-corrected chi connectivity index (χ1v) is 10.4. The fourth-order valence-corrected chi connectivity index (χ4v) is 4.13. The number of aromatic nitrogens is 6. The Morgan fingerprint density at radius 3 is 2.53 bits per heavy atom. The van der Waals surface area contributed by atoms with Gasteiger partial charge in [0.05, 0.1) is 22.9 Å². The molecule has 0 fully saturated rings. The van der Waals surface area contributed by atoms with Gasteiger partial charge in [0.2, 0.25) is 5.16 Å². The molecule has 2 aromatic carbocycles. The van der Waals surface area contributed by atoms with Gasteiger partial charge in [-0.15, -0.1) is 10.2 Å². The second kappa shape index (κ2) is 7.85. The van der Waals surface area contributed by atoms with Gasteiger partial charge < -0.3 is 0 Å². The van der Waals surface area contributed by atoms with Gasteiger partial charge in [-0.2, -0.15) is 0 Å². The predicted molar refractivity (Wildman–Crippen MR) is 118 cm³/mol. The Hall–Kier alpha value is -3.29. The molecule has 146 valence electrons. The van der Waals surface area contributed by atoms with Crippen molar-refractivity contribution in [2.24, 2.45) is 0 Å². The lowest BCUT2D eigenvalue weighted by atomic mass is 10.2. The van der Waals surface area contributed by atoms with E-state index in [1.54, 1.807) is 18.6 Å². The normalized spacial score (nSPS) is 11.1. The quantitative estimate of drug-likeness (QED) is 0.381. The van der Waals surface area contributed by atoms with Crippen molar-refractivity contribution in [2.75, 3.05) is 0 Å². The van der Waals surface area contributed by atoms with Gasteiger partial charge in [0.25, 0.3) is 0 Å². The first-order chi connectivity index (χ1) is 14.7. The second-order valence-electron chi connectivity index (χ2n) is 6.56. The number of halogens is 1. The third kappa shape index (κ3) is 3.42. The number of pyridine rings is 1. The Balaban J connectivity index is 1.66. The molecule has 8 heteroatoms. The molecular formula is C22H15ClN6S. The smallest absolute Gasteiger partial charge is 0.202 e. The lowest BCUT2D eigenvalue weighted by Gasteiger charge is -2.13. The summed E-state index contributed by atoms with van der Waals surface area (Å²) in [5.41, 5.74) is 4.46. The predicted octanol–water partition coefficient (Wildman–Crippen LogP) is 5.39. The average Bonchev–Trinajstić information content (AvgIpc) is 3.19. The van der Waals surface area contributed by atoms with Crippen molar-refractivity contribution < 1.29 is 0 Å². The van der Waals surface area contributed by atoms with Crippen LogP contribution >= 0.6 is 23.4 Å². The number of fused-ring (bicyclic) bond motifs is 1. The van der Waals surface area contributed by atoms with Crippen LogP contribution in [0.4, 0.5) is 0 Å². The van der Waals surface area contributed by atoms with E-state index in [1.807, 2.05) is 66.1 Å². The topological polar surface area (TPSA) is 69.4 Å². The van der Waals surface area contributed by atoms with E-state index >= 15 is 0 Å². The summed E-state index contributed by atoms with van der Waals surface area (Å²) in [5.74, 6) is 0.707. The van der Waals surface area contributed by atoms with Crippen LogP contribution in [0.15, 0.2) is 83.4 Å². The zero-order valence-corrected chi connectivity index (χ0v) is 17.5. The molecule has 0 unspecified atom stereocenters. The monoisotopic (exact) mass is 430 g/mol. The van der Waals surface area contributed by atoms with Crippen LogP contribution in [0.2, 0.25) is 5.02 Å². The Morgan fingerprint density at radius 1 is 0.900 bits per heavy atom. The molecule has 3 heterocycles. The highest BCUT2D eigenvalue weighted by Crippen LogP contribution is 2.34. The molecule has 5 rings (SSSR count). The standard InChI is InChI=1S/C22H15ClN6S/c1-14-16(23)5-4-8-19(14)29-21(15-9-11-24-12-10-15)27-28-22(29)30-20-13-25-17-6-2-3-7-18(17)26-20/h2-13H,1H3. The van der Waals surface area contributed by atoms with Gasteiger partial charge in [-0.05, 0) is 60.6 Å². The molecule has 5 aromatic rings. The minimum absolute atomic E-state index is 0.678. The van der Waals surface area contributed by atoms with E-state index in [-0.39, 0.29) is 0 Å². The van der Waals surface area contributed by atoms with Crippen molar-refractivity contribution in [1.82, 2.24) is 29.7 Å². The van der Waals surface area contributed by atoms with E-state index in [9.17, 15) is 0 Å². The Morgan fingerprint density at radius 2 is 1.70 bits per heavy atom. The van der Waals surface area contributed by atoms with Crippen molar-refractivity contribution in [3.05, 3.63) is 83.8 Å². The van der Waals surface area contributed by atoms with Gasteiger partial charge in [-0.3, -0.25) is 14.5 Å². The summed E-state index contributed by atoms with van der Waals surface area (Å²) < 4.78 is 2.00. The number of hydrogen-bond acceptors (Lipinski definition) is 6. The van der Waals surface area contributed by atoms with Crippen LogP contribution in [0, 0.1) is 6.92 Å². The molecule has 0 radical (unpaired) electrons. The number of nitrogens with zero attached hydrogens (tertiary/aromatic N) is 6. The van der Waals surface area contributed by atoms with Gasteiger partial charge in [-0.1, -0.05) is 29.8 Å². The van der Waals surface area contributed by atoms with Crippen LogP contribution < -0.4 is 0 Å². The molecule has 0 saturated carbocycles. The fraction of sp³-hybridized carbons (Fsp3) is 0.0455. The van der Waals surface area contributed by atoms with E-state index in [0.717, 1.165) is 32.9 Å². The SMILES string of the molecule is Cc1c(Cl)cccc1-n1c(Sc2cnc3ccccc3n2)nnc1-c1ccncc1. The number of benzene rings is 2. The summed E-state index contributed by atoms with van der Waals surface area (Å²) in [6, 6.07) is 17.4. The molecule has 0 saturated heterocycles. The molecule has 0 aliphatic rings. The van der Waals surface area contributed by atoms with Gasteiger partial charge in [0, 0.05) is 23.0 Å². The maximum Gasteiger partial charge on any atom is 0.202 e. The summed E-state index contributed by atoms with van der Waals surface area (Å²) in [5, 5.41) is 11.0. The Labute approximate surface area is 182 Å². The van der Waals surface area contributed by atoms with Crippen LogP contribution in [0.25, 0.3) is 28.1 Å². The van der Waals surface area contributed by atoms with Gasteiger partial charge in [0.15, 0.2) is 5.82 Å². The van der Waals surface area contributed by atoms with E-state index in [0.29, 0.717) is 16.0 Å². The summed E-state index contributed by atoms with van der Waals surface area (Å²) in [6.45, 7) is 1.98. The summed E-state index contributed by atoms with van der Waals surface area (Å²) in [4.78, 5) is 13.3. The average molecular weight is 431 g/mol. The van der Waals surface area contributed by atoms with Crippen LogP contribution in [0.3, 0.4) is 0 Å². The third-order valence-electron chi connectivity index (χ3n) is 4.67. The second-order valence-corrected chi connectivity index (χ2v) is 7.96. The Kier molecular flexibility index (Phi) is 4.90. The van der Waals surface area contributed by atoms with Crippen LogP contribution in [0.1, 0.15) is 5.56 Å². The number of hydrogen-bond donors (Lipinski definition) is 0. The lowest BCUT2D eigenvalue weighted by Crippen LogP contribution is -2.02. The molecule has 0 aliphatic carbocycles. The molecule has 0 atom stereocenters. The van der Waals surface area contributed by atoms with Crippen molar-refractivity contribution in [3.8, 4) is 17.1 Å². The minimum Gasteiger partial charge on any atom is -0.269 e. The number of rotatable bonds is 4. The van der Waals surface area contributed by atoms with Crippen molar-refractivity contribution in [2.45, 2.75) is 17.1 Å². The highest BCUT2D eigenvalue weighted by atomic mass is 35.5. The molecule has 0 amide bonds. The largest absolute Gasteiger partial charge is 0.269 e. The molecule has 0 N–H and O–H groups in total. The van der Waals surface area contributed by atoms with Crippen LogP contribution in [-0.4, -0.2) is 29.7 Å². The van der Waals surface area contributed by atoms with Gasteiger partial charge >= 0.3 is 0 Å². The highest BCUT2D eigenvalue weighted by Gasteiger charge is 2.19. The van der Waals surface area contributed by atoms with Crippen molar-refractivity contribution in [1.29, 1.82) is 0 Å². The summed E-state index contributed by atoms with van der Waals surface area (Å²) >= 11 is 7.82. The molecular weight excluding hydrogens is 416 g/mol. The molecule has 0 bridgehead atoms. The number of para-hydroxylation sites is 2. The lowest BCUT2D eigenvalue weighted by molar-refractivity contribution is 0.877. The molecule has 3 aromatic heterocycles. The van der Waals surface area contributed by atoms with Gasteiger partial charge in [0.1, 0.15) is 5.03 Å². The van der Waals surface area contributed by atoms with E-state index in [1.165, 1.54) is 11.8 Å². The van der Waals surface area contributed by atoms with E-state index in [2.05, 4.69) is 20.2 Å². The minimum atomic E-state index is 0.678. The van der Waals surface area contributed by atoms with E-state index in [4.69, 9.17) is 16.6 Å². The fourth-order valence-electron chi connectivity index (χ4n) is 3.16. The van der Waals surface area contributed by atoms with Gasteiger partial charge in [-0.25, -0.2) is 4.98 Å². The molecule has 6 nitrogen and oxygen atoms in total. The van der Waals surface area contributed by atoms with E-state index < -0.39 is 0 Å². The summed E-state index contributed by atoms with van der Waals surface area (Å²) in [7, 11) is 0. The molecule has 0 aliphatic heterocycles. The van der Waals surface area contributed by atoms with Crippen LogP contribution in [0.5, 0.6) is 0 Å². The maximum absolute atomic E-state index is 6.41. The molecule has 0 spiro atoms.